The molecule has 0 N–H and O–H groups in total. The molecule has 0 aliphatic carbocycles. The number of carbonyl (C=O) groups is 1. The normalized spacial score (nSPS) is 13.2. The van der Waals surface area contributed by atoms with E-state index in [1.165, 1.54) is 10.4 Å². The number of aliphatic imine (C=N–C) groups is 1. The van der Waals surface area contributed by atoms with Gasteiger partial charge in [-0.15, -0.1) is 11.3 Å². The van der Waals surface area contributed by atoms with Crippen LogP contribution in [0.5, 0.6) is 11.5 Å². The van der Waals surface area contributed by atoms with E-state index < -0.39 is 0 Å². The molecule has 0 atom stereocenters. The number of benzene rings is 3. The highest BCUT2D eigenvalue weighted by Crippen LogP contribution is 2.40. The van der Waals surface area contributed by atoms with Gasteiger partial charge in [-0.3, -0.25) is 4.90 Å². The van der Waals surface area contributed by atoms with Crippen LogP contribution in [0.25, 0.3) is 0 Å². The van der Waals surface area contributed by atoms with Gasteiger partial charge in [0.2, 0.25) is 0 Å². The molecule has 6 nitrogen and oxygen atoms in total. The van der Waals surface area contributed by atoms with Crippen LogP contribution in [0.4, 0.5) is 5.00 Å². The zero-order chi connectivity index (χ0) is 28.6. The Morgan fingerprint density at radius 1 is 1.00 bits per heavy atom. The van der Waals surface area contributed by atoms with Crippen molar-refractivity contribution in [2.24, 2.45) is 4.99 Å². The van der Waals surface area contributed by atoms with E-state index in [2.05, 4.69) is 29.2 Å². The molecule has 0 saturated carbocycles. The highest BCUT2D eigenvalue weighted by atomic mass is 35.5. The molecule has 0 spiro atoms. The molecule has 41 heavy (non-hydrogen) atoms. The molecule has 5 rings (SSSR count). The quantitative estimate of drug-likeness (QED) is 0.132. The maximum Gasteiger partial charge on any atom is 0.341 e. The van der Waals surface area contributed by atoms with Crippen molar-refractivity contribution in [1.29, 1.82) is 0 Å². The average molecular weight is 589 g/mol. The highest BCUT2D eigenvalue weighted by molar-refractivity contribution is 7.16. The molecule has 4 aromatic rings. The number of hydrogen-bond donors (Lipinski definition) is 0. The van der Waals surface area contributed by atoms with Crippen LogP contribution in [0, 0.1) is 0 Å². The molecule has 0 amide bonds. The van der Waals surface area contributed by atoms with Gasteiger partial charge in [0.1, 0.15) is 11.6 Å². The molecule has 2 heterocycles. The fourth-order valence-electron chi connectivity index (χ4n) is 4.82. The Balaban J connectivity index is 1.37. The van der Waals surface area contributed by atoms with Gasteiger partial charge < -0.3 is 14.2 Å². The summed E-state index contributed by atoms with van der Waals surface area (Å²) < 4.78 is 17.4. The molecular formula is C33H33ClN2O4S. The minimum atomic E-state index is -0.313. The van der Waals surface area contributed by atoms with E-state index in [1.54, 1.807) is 17.6 Å². The lowest BCUT2D eigenvalue weighted by molar-refractivity contribution is 0.0526. The summed E-state index contributed by atoms with van der Waals surface area (Å²) in [4.78, 5) is 21.4. The van der Waals surface area contributed by atoms with Gasteiger partial charge in [0, 0.05) is 41.3 Å². The Labute approximate surface area is 250 Å². The monoisotopic (exact) mass is 588 g/mol. The van der Waals surface area contributed by atoms with Crippen LogP contribution in [0.2, 0.25) is 5.02 Å². The molecule has 0 fully saturated rings. The van der Waals surface area contributed by atoms with Crippen LogP contribution < -0.4 is 9.47 Å². The van der Waals surface area contributed by atoms with E-state index in [1.807, 2.05) is 62.4 Å². The Bertz CT molecular complexity index is 1520. The van der Waals surface area contributed by atoms with Crippen molar-refractivity contribution in [3.05, 3.63) is 111 Å². The van der Waals surface area contributed by atoms with Crippen molar-refractivity contribution >= 4 is 40.1 Å². The van der Waals surface area contributed by atoms with E-state index in [-0.39, 0.29) is 5.97 Å². The predicted molar refractivity (Wildman–Crippen MR) is 165 cm³/mol. The van der Waals surface area contributed by atoms with Gasteiger partial charge in [0.25, 0.3) is 0 Å². The second-order valence-corrected chi connectivity index (χ2v) is 11.1. The highest BCUT2D eigenvalue weighted by Gasteiger charge is 2.28. The molecule has 0 unspecified atom stereocenters. The summed E-state index contributed by atoms with van der Waals surface area (Å²) in [6.45, 7) is 7.43. The van der Waals surface area contributed by atoms with E-state index >= 15 is 0 Å². The predicted octanol–water partition coefficient (Wildman–Crippen LogP) is 7.86. The Morgan fingerprint density at radius 3 is 2.59 bits per heavy atom. The maximum absolute atomic E-state index is 13.0. The van der Waals surface area contributed by atoms with Crippen LogP contribution in [-0.2, 0) is 30.9 Å². The van der Waals surface area contributed by atoms with Gasteiger partial charge in [0.05, 0.1) is 18.8 Å². The third-order valence-electron chi connectivity index (χ3n) is 6.79. The molecule has 1 aromatic heterocycles. The third kappa shape index (κ3) is 7.17. The number of ether oxygens (including phenoxy) is 3. The largest absolute Gasteiger partial charge is 0.490 e. The SMILES string of the molecule is CCOC(=O)c1c(N=Cc2ccc(OCc3ccccc3Cl)c(OCC)c2)sc2c1CCN(Cc1ccccc1)C2. The fraction of sp³-hybridized carbons (Fsp3) is 0.273. The summed E-state index contributed by atoms with van der Waals surface area (Å²) in [5.41, 5.74) is 4.67. The third-order valence-corrected chi connectivity index (χ3v) is 8.28. The molecule has 1 aliphatic heterocycles. The summed E-state index contributed by atoms with van der Waals surface area (Å²) in [6.07, 6.45) is 2.55. The lowest BCUT2D eigenvalue weighted by Gasteiger charge is -2.27. The van der Waals surface area contributed by atoms with E-state index in [9.17, 15) is 4.79 Å². The first-order chi connectivity index (χ1) is 20.1. The number of halogens is 1. The minimum Gasteiger partial charge on any atom is -0.490 e. The van der Waals surface area contributed by atoms with Crippen molar-refractivity contribution in [3.63, 3.8) is 0 Å². The standard InChI is InChI=1S/C33H33ClN2O4S/c1-3-38-29-18-24(14-15-28(29)40-22-25-12-8-9-13-27(25)34)19-35-32-31(33(37)39-4-2)26-16-17-36(21-30(26)41-32)20-23-10-6-5-7-11-23/h5-15,18-19H,3-4,16-17,20-22H2,1-2H3. The van der Waals surface area contributed by atoms with Gasteiger partial charge in [-0.2, -0.15) is 0 Å². The van der Waals surface area contributed by atoms with Crippen LogP contribution in [0.3, 0.4) is 0 Å². The fourth-order valence-corrected chi connectivity index (χ4v) is 6.23. The van der Waals surface area contributed by atoms with Crippen LogP contribution in [0.1, 0.15) is 51.3 Å². The second kappa shape index (κ2) is 13.8. The Kier molecular flexibility index (Phi) is 9.72. The lowest BCUT2D eigenvalue weighted by atomic mass is 10.0. The number of nitrogens with zero attached hydrogens (tertiary/aromatic N) is 2. The van der Waals surface area contributed by atoms with Crippen LogP contribution >= 0.6 is 22.9 Å². The summed E-state index contributed by atoms with van der Waals surface area (Å²) in [6, 6.07) is 23.8. The molecule has 212 valence electrons. The average Bonchev–Trinajstić information content (AvgIpc) is 3.35. The van der Waals surface area contributed by atoms with Gasteiger partial charge in [-0.1, -0.05) is 60.1 Å². The zero-order valence-corrected chi connectivity index (χ0v) is 24.8. The number of thiophene rings is 1. The van der Waals surface area contributed by atoms with Crippen LogP contribution in [0.15, 0.2) is 77.8 Å². The molecule has 0 bridgehead atoms. The minimum absolute atomic E-state index is 0.313. The summed E-state index contributed by atoms with van der Waals surface area (Å²) >= 11 is 7.86. The summed E-state index contributed by atoms with van der Waals surface area (Å²) in [5.74, 6) is 0.935. The maximum atomic E-state index is 13.0. The first kappa shape index (κ1) is 28.9. The molecule has 3 aromatic carbocycles. The second-order valence-electron chi connectivity index (χ2n) is 9.63. The smallest absolute Gasteiger partial charge is 0.341 e. The van der Waals surface area contributed by atoms with Crippen molar-refractivity contribution in [2.75, 3.05) is 19.8 Å². The lowest BCUT2D eigenvalue weighted by Crippen LogP contribution is -2.29. The topological polar surface area (TPSA) is 60.4 Å². The molecule has 1 aliphatic rings. The molecule has 8 heteroatoms. The van der Waals surface area contributed by atoms with Crippen molar-refractivity contribution in [3.8, 4) is 11.5 Å². The number of hydrogen-bond acceptors (Lipinski definition) is 7. The van der Waals surface area contributed by atoms with Gasteiger partial charge >= 0.3 is 5.97 Å². The number of carbonyl (C=O) groups excluding carboxylic acids is 1. The summed E-state index contributed by atoms with van der Waals surface area (Å²) in [7, 11) is 0. The number of rotatable bonds is 11. The van der Waals surface area contributed by atoms with Crippen molar-refractivity contribution in [1.82, 2.24) is 4.90 Å². The Morgan fingerprint density at radius 2 is 1.80 bits per heavy atom. The summed E-state index contributed by atoms with van der Waals surface area (Å²) in [5, 5.41) is 1.33. The van der Waals surface area contributed by atoms with Gasteiger partial charge in [0.15, 0.2) is 11.5 Å². The van der Waals surface area contributed by atoms with Crippen molar-refractivity contribution < 1.29 is 19.0 Å². The van der Waals surface area contributed by atoms with Crippen molar-refractivity contribution in [2.45, 2.75) is 40.0 Å². The molecule has 0 saturated heterocycles. The van der Waals surface area contributed by atoms with Gasteiger partial charge in [-0.05, 0) is 61.2 Å². The van der Waals surface area contributed by atoms with E-state index in [0.29, 0.717) is 46.9 Å². The first-order valence-corrected chi connectivity index (χ1v) is 15.0. The zero-order valence-electron chi connectivity index (χ0n) is 23.3. The molecule has 0 radical (unpaired) electrons. The van der Waals surface area contributed by atoms with Gasteiger partial charge in [-0.25, -0.2) is 9.79 Å². The number of fused-ring (bicyclic) bond motifs is 1. The van der Waals surface area contributed by atoms with E-state index in [0.717, 1.165) is 42.7 Å². The molecular weight excluding hydrogens is 556 g/mol. The Hall–Kier alpha value is -3.65. The van der Waals surface area contributed by atoms with Crippen LogP contribution in [-0.4, -0.2) is 36.8 Å². The first-order valence-electron chi connectivity index (χ1n) is 13.8. The number of esters is 1. The van der Waals surface area contributed by atoms with E-state index in [4.69, 9.17) is 30.8 Å².